The first kappa shape index (κ1) is 13.9. The van der Waals surface area contributed by atoms with Crippen LogP contribution in [0, 0.1) is 5.82 Å². The highest BCUT2D eigenvalue weighted by Gasteiger charge is 2.20. The van der Waals surface area contributed by atoms with Gasteiger partial charge in [-0.2, -0.15) is 0 Å². The number of benzene rings is 1. The number of nitrogens with zero attached hydrogens (tertiary/aromatic N) is 3. The predicted molar refractivity (Wildman–Crippen MR) is 73.6 cm³/mol. The fraction of sp³-hybridized carbons (Fsp3) is 0.154. The summed E-state index contributed by atoms with van der Waals surface area (Å²) in [5, 5.41) is 7.49. The molecule has 0 bridgehead atoms. The van der Waals surface area contributed by atoms with Crippen LogP contribution in [0.4, 0.5) is 15.9 Å². The van der Waals surface area contributed by atoms with Crippen LogP contribution in [0.15, 0.2) is 36.4 Å². The van der Waals surface area contributed by atoms with Gasteiger partial charge in [0.15, 0.2) is 11.5 Å². The Bertz CT molecular complexity index is 602. The van der Waals surface area contributed by atoms with E-state index in [-0.39, 0.29) is 11.4 Å². The van der Waals surface area contributed by atoms with Crippen molar-refractivity contribution in [1.29, 1.82) is 0 Å². The maximum Gasteiger partial charge on any atom is 0.278 e. The molecule has 0 unspecified atom stereocenters. The van der Waals surface area contributed by atoms with E-state index in [1.54, 1.807) is 25.1 Å². The van der Waals surface area contributed by atoms with Crippen molar-refractivity contribution in [3.63, 3.8) is 0 Å². The molecule has 0 radical (unpaired) electrons. The monoisotopic (exact) mass is 275 g/mol. The van der Waals surface area contributed by atoms with Crippen molar-refractivity contribution in [3.05, 3.63) is 47.9 Å². The number of nitrogen functional groups attached to an aromatic ring is 1. The molecular weight excluding hydrogens is 261 g/mol. The molecule has 0 saturated heterocycles. The smallest absolute Gasteiger partial charge is 0.278 e. The molecule has 0 atom stereocenters. The van der Waals surface area contributed by atoms with Gasteiger partial charge in [-0.15, -0.1) is 10.2 Å². The van der Waals surface area contributed by atoms with E-state index in [1.165, 1.54) is 23.1 Å². The first-order valence-electron chi connectivity index (χ1n) is 6.04. The first-order chi connectivity index (χ1) is 9.67. The Morgan fingerprint density at radius 3 is 2.60 bits per heavy atom. The van der Waals surface area contributed by atoms with Gasteiger partial charge in [0.05, 0.1) is 5.69 Å². The fourth-order valence-electron chi connectivity index (χ4n) is 1.76. The Hall–Kier alpha value is -2.54. The molecule has 0 aliphatic heterocycles. The van der Waals surface area contributed by atoms with E-state index in [4.69, 9.17) is 5.84 Å². The lowest BCUT2D eigenvalue weighted by molar-refractivity contribution is 0.0981. The van der Waals surface area contributed by atoms with Crippen LogP contribution in [0.1, 0.15) is 17.4 Å². The Morgan fingerprint density at radius 1 is 1.30 bits per heavy atom. The second-order valence-electron chi connectivity index (χ2n) is 3.95. The van der Waals surface area contributed by atoms with Crippen LogP contribution in [0.3, 0.4) is 0 Å². The summed E-state index contributed by atoms with van der Waals surface area (Å²) in [4.78, 5) is 13.6. The molecule has 0 saturated carbocycles. The van der Waals surface area contributed by atoms with Gasteiger partial charge in [-0.25, -0.2) is 10.2 Å². The number of anilines is 2. The van der Waals surface area contributed by atoms with E-state index in [0.717, 1.165) is 0 Å². The number of carbonyl (C=O) groups is 1. The Labute approximate surface area is 115 Å². The van der Waals surface area contributed by atoms with Gasteiger partial charge in [0, 0.05) is 6.54 Å². The molecular formula is C13H14FN5O. The van der Waals surface area contributed by atoms with Gasteiger partial charge in [0.2, 0.25) is 0 Å². The van der Waals surface area contributed by atoms with Gasteiger partial charge in [0.1, 0.15) is 5.82 Å². The highest BCUT2D eigenvalue weighted by molar-refractivity contribution is 6.04. The van der Waals surface area contributed by atoms with E-state index >= 15 is 0 Å². The maximum absolute atomic E-state index is 13.8. The number of aromatic nitrogens is 2. The summed E-state index contributed by atoms with van der Waals surface area (Å²) >= 11 is 0. The largest absolute Gasteiger partial charge is 0.307 e. The zero-order chi connectivity index (χ0) is 14.5. The standard InChI is InChI=1S/C13H14FN5O/c1-2-19(11-6-4-3-5-9(11)14)13(20)10-7-8-12(16-15)18-17-10/h3-8H,2,15H2,1H3,(H,16,18). The fourth-order valence-corrected chi connectivity index (χ4v) is 1.76. The molecule has 0 aliphatic carbocycles. The molecule has 0 fully saturated rings. The van der Waals surface area contributed by atoms with E-state index in [2.05, 4.69) is 15.6 Å². The number of hydrogen-bond donors (Lipinski definition) is 2. The normalized spacial score (nSPS) is 10.2. The second-order valence-corrected chi connectivity index (χ2v) is 3.95. The summed E-state index contributed by atoms with van der Waals surface area (Å²) < 4.78 is 13.8. The molecule has 3 N–H and O–H groups in total. The first-order valence-corrected chi connectivity index (χ1v) is 6.04. The summed E-state index contributed by atoms with van der Waals surface area (Å²) in [6.07, 6.45) is 0. The molecule has 20 heavy (non-hydrogen) atoms. The molecule has 0 spiro atoms. The van der Waals surface area contributed by atoms with Crippen LogP contribution in [0.25, 0.3) is 0 Å². The van der Waals surface area contributed by atoms with Crippen LogP contribution in [0.2, 0.25) is 0 Å². The third kappa shape index (κ3) is 2.72. The minimum atomic E-state index is -0.462. The predicted octanol–water partition coefficient (Wildman–Crippen LogP) is 1.57. The SMILES string of the molecule is CCN(C(=O)c1ccc(NN)nn1)c1ccccc1F. The molecule has 0 aliphatic rings. The number of para-hydroxylation sites is 1. The molecule has 2 rings (SSSR count). The highest BCUT2D eigenvalue weighted by Crippen LogP contribution is 2.20. The Balaban J connectivity index is 2.31. The third-order valence-corrected chi connectivity index (χ3v) is 2.74. The number of rotatable bonds is 4. The van der Waals surface area contributed by atoms with Crippen molar-refractivity contribution >= 4 is 17.4 Å². The summed E-state index contributed by atoms with van der Waals surface area (Å²) in [6.45, 7) is 2.08. The molecule has 104 valence electrons. The van der Waals surface area contributed by atoms with Crippen LogP contribution in [-0.4, -0.2) is 22.6 Å². The van der Waals surface area contributed by atoms with Crippen molar-refractivity contribution in [2.75, 3.05) is 16.9 Å². The summed E-state index contributed by atoms with van der Waals surface area (Å²) in [5.74, 6) is 4.63. The Kier molecular flexibility index (Phi) is 4.21. The van der Waals surface area contributed by atoms with Crippen molar-refractivity contribution in [3.8, 4) is 0 Å². The van der Waals surface area contributed by atoms with Crippen molar-refractivity contribution in [1.82, 2.24) is 10.2 Å². The molecule has 6 nitrogen and oxygen atoms in total. The van der Waals surface area contributed by atoms with Gasteiger partial charge in [-0.1, -0.05) is 12.1 Å². The number of nitrogens with one attached hydrogen (secondary N) is 1. The van der Waals surface area contributed by atoms with Gasteiger partial charge in [0.25, 0.3) is 5.91 Å². The highest BCUT2D eigenvalue weighted by atomic mass is 19.1. The average Bonchev–Trinajstić information content (AvgIpc) is 2.50. The number of amides is 1. The summed E-state index contributed by atoms with van der Waals surface area (Å²) in [7, 11) is 0. The number of carbonyl (C=O) groups excluding carboxylic acids is 1. The van der Waals surface area contributed by atoms with E-state index in [9.17, 15) is 9.18 Å². The van der Waals surface area contributed by atoms with Crippen LogP contribution in [-0.2, 0) is 0 Å². The van der Waals surface area contributed by atoms with Crippen LogP contribution < -0.4 is 16.2 Å². The average molecular weight is 275 g/mol. The summed E-state index contributed by atoms with van der Waals surface area (Å²) in [5.41, 5.74) is 2.65. The molecule has 1 heterocycles. The van der Waals surface area contributed by atoms with Gasteiger partial charge in [-0.3, -0.25) is 4.79 Å². The zero-order valence-corrected chi connectivity index (χ0v) is 10.9. The minimum absolute atomic E-state index is 0.120. The van der Waals surface area contributed by atoms with E-state index in [0.29, 0.717) is 12.4 Å². The van der Waals surface area contributed by atoms with Crippen molar-refractivity contribution < 1.29 is 9.18 Å². The lowest BCUT2D eigenvalue weighted by atomic mass is 10.2. The number of hydrogen-bond acceptors (Lipinski definition) is 5. The third-order valence-electron chi connectivity index (χ3n) is 2.74. The minimum Gasteiger partial charge on any atom is -0.307 e. The summed E-state index contributed by atoms with van der Waals surface area (Å²) in [6, 6.07) is 9.09. The Morgan fingerprint density at radius 2 is 2.05 bits per heavy atom. The zero-order valence-electron chi connectivity index (χ0n) is 10.9. The number of halogens is 1. The maximum atomic E-state index is 13.8. The van der Waals surface area contributed by atoms with Crippen molar-refractivity contribution in [2.24, 2.45) is 5.84 Å². The molecule has 7 heteroatoms. The second kappa shape index (κ2) is 6.07. The van der Waals surface area contributed by atoms with Crippen LogP contribution >= 0.6 is 0 Å². The number of nitrogens with two attached hydrogens (primary N) is 1. The molecule has 1 aromatic carbocycles. The van der Waals surface area contributed by atoms with E-state index < -0.39 is 11.7 Å². The van der Waals surface area contributed by atoms with Crippen LogP contribution in [0.5, 0.6) is 0 Å². The topological polar surface area (TPSA) is 84.1 Å². The lowest BCUT2D eigenvalue weighted by Crippen LogP contribution is -2.32. The molecule has 2 aromatic rings. The van der Waals surface area contributed by atoms with E-state index in [1.807, 2.05) is 0 Å². The van der Waals surface area contributed by atoms with Gasteiger partial charge < -0.3 is 10.3 Å². The molecule has 1 aromatic heterocycles. The van der Waals surface area contributed by atoms with Gasteiger partial charge >= 0.3 is 0 Å². The molecule has 1 amide bonds. The van der Waals surface area contributed by atoms with Crippen molar-refractivity contribution in [2.45, 2.75) is 6.92 Å². The number of hydrazine groups is 1. The quantitative estimate of drug-likeness (QED) is 0.653. The van der Waals surface area contributed by atoms with Gasteiger partial charge in [-0.05, 0) is 31.2 Å². The lowest BCUT2D eigenvalue weighted by Gasteiger charge is -2.20.